The zero-order valence-corrected chi connectivity index (χ0v) is 16.3. The summed E-state index contributed by atoms with van der Waals surface area (Å²) in [5.74, 6) is -0.0209. The maximum atomic E-state index is 12.9. The minimum absolute atomic E-state index is 0.0209. The molecule has 0 bridgehead atoms. The van der Waals surface area contributed by atoms with Gasteiger partial charge in [-0.2, -0.15) is 0 Å². The van der Waals surface area contributed by atoms with Crippen LogP contribution >= 0.6 is 7.92 Å². The average molecular weight is 361 g/mol. The van der Waals surface area contributed by atoms with E-state index in [-0.39, 0.29) is 11.4 Å². The monoisotopic (exact) mass is 361 g/mol. The zero-order chi connectivity index (χ0) is 18.6. The first-order valence-corrected chi connectivity index (χ1v) is 10.1. The summed E-state index contributed by atoms with van der Waals surface area (Å²) in [6, 6.07) is 28.9. The molecule has 3 aromatic rings. The molecule has 26 heavy (non-hydrogen) atoms. The number of carbonyl (C=O) groups excluding carboxylic acids is 1. The number of benzene rings is 3. The van der Waals surface area contributed by atoms with E-state index in [1.807, 2.05) is 51.1 Å². The summed E-state index contributed by atoms with van der Waals surface area (Å²) in [5, 5.41) is 6.67. The third-order valence-electron chi connectivity index (χ3n) is 3.91. The Morgan fingerprint density at radius 3 is 1.69 bits per heavy atom. The van der Waals surface area contributed by atoms with Crippen molar-refractivity contribution in [3.8, 4) is 0 Å². The first-order valence-electron chi connectivity index (χ1n) is 8.77. The van der Waals surface area contributed by atoms with Gasteiger partial charge in [0, 0.05) is 11.1 Å². The number of carbonyl (C=O) groups is 1. The van der Waals surface area contributed by atoms with Crippen LogP contribution in [0.25, 0.3) is 0 Å². The lowest BCUT2D eigenvalue weighted by Crippen LogP contribution is -2.42. The van der Waals surface area contributed by atoms with E-state index in [9.17, 15) is 4.79 Å². The predicted octanol–water partition coefficient (Wildman–Crippen LogP) is 3.97. The molecule has 1 amide bonds. The zero-order valence-electron chi connectivity index (χ0n) is 15.4. The van der Waals surface area contributed by atoms with E-state index < -0.39 is 7.92 Å². The number of hydrogen-bond donors (Lipinski definition) is 1. The normalized spacial score (nSPS) is 11.4. The highest BCUT2D eigenvalue weighted by Gasteiger charge is 2.24. The molecule has 0 aromatic heterocycles. The largest absolute Gasteiger partial charge is 0.347 e. The van der Waals surface area contributed by atoms with Crippen LogP contribution in [-0.2, 0) is 0 Å². The van der Waals surface area contributed by atoms with Gasteiger partial charge in [-0.3, -0.25) is 4.79 Å². The van der Waals surface area contributed by atoms with Crippen molar-refractivity contribution >= 4 is 29.7 Å². The molecule has 0 saturated carbocycles. The Bertz CT molecular complexity index is 830. The van der Waals surface area contributed by atoms with Crippen LogP contribution < -0.4 is 21.2 Å². The third-order valence-corrected chi connectivity index (χ3v) is 6.41. The van der Waals surface area contributed by atoms with Crippen LogP contribution in [-0.4, -0.2) is 11.4 Å². The number of rotatable bonds is 4. The van der Waals surface area contributed by atoms with E-state index in [0.717, 1.165) is 10.9 Å². The summed E-state index contributed by atoms with van der Waals surface area (Å²) in [6.45, 7) is 6.01. The summed E-state index contributed by atoms with van der Waals surface area (Å²) in [6.07, 6.45) is 0. The summed E-state index contributed by atoms with van der Waals surface area (Å²) in [4.78, 5) is 12.9. The second-order valence-corrected chi connectivity index (χ2v) is 9.41. The number of hydrogen-bond acceptors (Lipinski definition) is 1. The minimum Gasteiger partial charge on any atom is -0.347 e. The molecule has 0 aliphatic rings. The van der Waals surface area contributed by atoms with Crippen molar-refractivity contribution in [3.63, 3.8) is 0 Å². The molecule has 3 rings (SSSR count). The van der Waals surface area contributed by atoms with Gasteiger partial charge < -0.3 is 5.32 Å². The van der Waals surface area contributed by atoms with Crippen molar-refractivity contribution in [2.75, 3.05) is 0 Å². The molecule has 0 fully saturated rings. The molecule has 132 valence electrons. The predicted molar refractivity (Wildman–Crippen MR) is 112 cm³/mol. The molecule has 0 spiro atoms. The molecule has 1 N–H and O–H groups in total. The Balaban J connectivity index is 2.13. The maximum Gasteiger partial charge on any atom is 0.252 e. The highest BCUT2D eigenvalue weighted by atomic mass is 31.1. The van der Waals surface area contributed by atoms with Gasteiger partial charge in [0.05, 0.1) is 0 Å². The van der Waals surface area contributed by atoms with Crippen LogP contribution in [0.2, 0.25) is 0 Å². The first-order chi connectivity index (χ1) is 12.5. The smallest absolute Gasteiger partial charge is 0.252 e. The Morgan fingerprint density at radius 1 is 0.731 bits per heavy atom. The van der Waals surface area contributed by atoms with E-state index in [4.69, 9.17) is 0 Å². The molecule has 0 aliphatic carbocycles. The van der Waals surface area contributed by atoms with Gasteiger partial charge in [0.25, 0.3) is 5.91 Å². The van der Waals surface area contributed by atoms with Crippen molar-refractivity contribution in [2.45, 2.75) is 26.3 Å². The lowest BCUT2D eigenvalue weighted by atomic mass is 10.1. The summed E-state index contributed by atoms with van der Waals surface area (Å²) >= 11 is 0. The van der Waals surface area contributed by atoms with E-state index in [2.05, 4.69) is 59.9 Å². The summed E-state index contributed by atoms with van der Waals surface area (Å²) in [7, 11) is -0.802. The van der Waals surface area contributed by atoms with Gasteiger partial charge in [-0.05, 0) is 50.7 Å². The molecular formula is C23H24NOP. The first kappa shape index (κ1) is 18.4. The van der Waals surface area contributed by atoms with Crippen LogP contribution in [0.1, 0.15) is 31.1 Å². The summed E-state index contributed by atoms with van der Waals surface area (Å²) < 4.78 is 0. The molecule has 0 atom stereocenters. The van der Waals surface area contributed by atoms with Crippen molar-refractivity contribution in [3.05, 3.63) is 90.5 Å². The highest BCUT2D eigenvalue weighted by Crippen LogP contribution is 2.34. The van der Waals surface area contributed by atoms with Gasteiger partial charge in [0.2, 0.25) is 0 Å². The fourth-order valence-electron chi connectivity index (χ4n) is 2.85. The van der Waals surface area contributed by atoms with Crippen molar-refractivity contribution in [1.29, 1.82) is 0 Å². The van der Waals surface area contributed by atoms with Crippen LogP contribution in [0.15, 0.2) is 84.9 Å². The van der Waals surface area contributed by atoms with Crippen LogP contribution in [0.4, 0.5) is 0 Å². The van der Waals surface area contributed by atoms with Gasteiger partial charge >= 0.3 is 0 Å². The average Bonchev–Trinajstić information content (AvgIpc) is 2.63. The summed E-state index contributed by atoms with van der Waals surface area (Å²) in [5.41, 5.74) is 0.480. The second kappa shape index (κ2) is 7.85. The molecule has 3 heteroatoms. The molecule has 2 nitrogen and oxygen atoms in total. The van der Waals surface area contributed by atoms with Gasteiger partial charge in [0.15, 0.2) is 0 Å². The molecule has 0 aliphatic heterocycles. The highest BCUT2D eigenvalue weighted by molar-refractivity contribution is 7.80. The van der Waals surface area contributed by atoms with Crippen LogP contribution in [0.3, 0.4) is 0 Å². The Morgan fingerprint density at radius 2 is 1.19 bits per heavy atom. The van der Waals surface area contributed by atoms with E-state index >= 15 is 0 Å². The van der Waals surface area contributed by atoms with E-state index in [1.54, 1.807) is 0 Å². The van der Waals surface area contributed by atoms with E-state index in [1.165, 1.54) is 10.6 Å². The molecule has 0 unspecified atom stereocenters. The number of amides is 1. The Kier molecular flexibility index (Phi) is 5.54. The molecule has 0 radical (unpaired) electrons. The lowest BCUT2D eigenvalue weighted by molar-refractivity contribution is 0.0921. The fraction of sp³-hybridized carbons (Fsp3) is 0.174. The maximum absolute atomic E-state index is 12.9. The second-order valence-electron chi connectivity index (χ2n) is 7.23. The molecule has 3 aromatic carbocycles. The van der Waals surface area contributed by atoms with Gasteiger partial charge in [-0.1, -0.05) is 78.9 Å². The fourth-order valence-corrected chi connectivity index (χ4v) is 5.30. The molecular weight excluding hydrogens is 337 g/mol. The molecule has 0 heterocycles. The topological polar surface area (TPSA) is 29.1 Å². The van der Waals surface area contributed by atoms with Gasteiger partial charge in [-0.25, -0.2) is 0 Å². The SMILES string of the molecule is CC(C)(C)NC(=O)c1ccccc1P(c1ccccc1)c1ccccc1. The Hall–Kier alpha value is -2.44. The van der Waals surface area contributed by atoms with Crippen molar-refractivity contribution in [2.24, 2.45) is 0 Å². The quantitative estimate of drug-likeness (QED) is 0.700. The van der Waals surface area contributed by atoms with Crippen LogP contribution in [0.5, 0.6) is 0 Å². The van der Waals surface area contributed by atoms with Crippen molar-refractivity contribution in [1.82, 2.24) is 5.32 Å². The van der Waals surface area contributed by atoms with Gasteiger partial charge in [-0.15, -0.1) is 0 Å². The Labute approximate surface area is 157 Å². The standard InChI is InChI=1S/C23H24NOP/c1-23(2,3)24-22(25)20-16-10-11-17-21(20)26(18-12-6-4-7-13-18)19-14-8-5-9-15-19/h4-17H,1-3H3,(H,24,25). The molecule has 0 saturated heterocycles. The van der Waals surface area contributed by atoms with Gasteiger partial charge in [0.1, 0.15) is 0 Å². The van der Waals surface area contributed by atoms with E-state index in [0.29, 0.717) is 0 Å². The van der Waals surface area contributed by atoms with Crippen molar-refractivity contribution < 1.29 is 4.79 Å². The van der Waals surface area contributed by atoms with Crippen LogP contribution in [0, 0.1) is 0 Å². The third kappa shape index (κ3) is 4.39. The lowest BCUT2D eigenvalue weighted by Gasteiger charge is -2.25. The number of nitrogens with one attached hydrogen (secondary N) is 1. The minimum atomic E-state index is -0.802.